The molecule has 5 rings (SSSR count). The molecule has 1 N–H and O–H groups in total. The Kier molecular flexibility index (Phi) is 7.24. The van der Waals surface area contributed by atoms with E-state index in [0.717, 1.165) is 6.07 Å². The smallest absolute Gasteiger partial charge is 0.221 e. The number of anilines is 1. The van der Waals surface area contributed by atoms with Crippen molar-refractivity contribution in [3.8, 4) is 0 Å². The van der Waals surface area contributed by atoms with Gasteiger partial charge in [0.1, 0.15) is 22.7 Å². The Bertz CT molecular complexity index is 1340. The molecule has 0 unspecified atom stereocenters. The zero-order valence-corrected chi connectivity index (χ0v) is 21.4. The van der Waals surface area contributed by atoms with Crippen LogP contribution in [0.15, 0.2) is 61.1 Å². The number of aromatic nitrogens is 2. The lowest BCUT2D eigenvalue weighted by Crippen LogP contribution is -2.45. The van der Waals surface area contributed by atoms with E-state index < -0.39 is 32.4 Å². The van der Waals surface area contributed by atoms with E-state index in [2.05, 4.69) is 15.3 Å². The number of ether oxygens (including phenoxy) is 1. The molecule has 0 amide bonds. The number of sulfonamides is 1. The number of benzene rings is 2. The number of rotatable bonds is 6. The summed E-state index contributed by atoms with van der Waals surface area (Å²) in [5.74, 6) is -0.794. The summed E-state index contributed by atoms with van der Waals surface area (Å²) >= 11 is 0. The fourth-order valence-electron chi connectivity index (χ4n) is 5.39. The molecule has 2 fully saturated rings. The van der Waals surface area contributed by atoms with Crippen LogP contribution in [-0.4, -0.2) is 41.9 Å². The number of nitrogens with one attached hydrogen (secondary N) is 1. The quantitative estimate of drug-likeness (QED) is 0.489. The van der Waals surface area contributed by atoms with E-state index in [9.17, 15) is 8.42 Å². The van der Waals surface area contributed by atoms with Gasteiger partial charge in [0.05, 0.1) is 11.7 Å². The Morgan fingerprint density at radius 2 is 1.84 bits per heavy atom. The fourth-order valence-corrected chi connectivity index (χ4v) is 7.57. The van der Waals surface area contributed by atoms with Gasteiger partial charge in [0.15, 0.2) is 0 Å². The van der Waals surface area contributed by atoms with E-state index in [1.165, 1.54) is 29.0 Å². The lowest BCUT2D eigenvalue weighted by molar-refractivity contribution is 0.0580. The zero-order valence-electron chi connectivity index (χ0n) is 20.6. The van der Waals surface area contributed by atoms with E-state index in [1.807, 2.05) is 25.1 Å². The van der Waals surface area contributed by atoms with Crippen molar-refractivity contribution in [3.63, 3.8) is 0 Å². The summed E-state index contributed by atoms with van der Waals surface area (Å²) in [6.45, 7) is 2.33. The summed E-state index contributed by atoms with van der Waals surface area (Å²) in [6.07, 6.45) is 6.54. The van der Waals surface area contributed by atoms with Gasteiger partial charge >= 0.3 is 0 Å². The molecule has 2 aliphatic rings. The van der Waals surface area contributed by atoms with Crippen LogP contribution in [-0.2, 0) is 26.8 Å². The Morgan fingerprint density at radius 3 is 2.54 bits per heavy atom. The van der Waals surface area contributed by atoms with Crippen LogP contribution < -0.4 is 5.32 Å². The van der Waals surface area contributed by atoms with Gasteiger partial charge in [-0.3, -0.25) is 4.98 Å². The van der Waals surface area contributed by atoms with Crippen LogP contribution in [0.3, 0.4) is 0 Å². The molecule has 2 aromatic carbocycles. The first-order valence-corrected chi connectivity index (χ1v) is 14.0. The monoisotopic (exact) mass is 528 g/mol. The lowest BCUT2D eigenvalue weighted by atomic mass is 9.81. The molecule has 2 saturated heterocycles. The van der Waals surface area contributed by atoms with Gasteiger partial charge in [0.25, 0.3) is 0 Å². The van der Waals surface area contributed by atoms with E-state index >= 15 is 8.78 Å². The van der Waals surface area contributed by atoms with E-state index in [-0.39, 0.29) is 23.7 Å². The molecule has 2 aliphatic heterocycles. The summed E-state index contributed by atoms with van der Waals surface area (Å²) in [4.78, 5) is 8.30. The number of halogens is 2. The molecular weight excluding hydrogens is 498 g/mol. The van der Waals surface area contributed by atoms with Crippen molar-refractivity contribution in [3.05, 3.63) is 89.4 Å². The number of nitrogens with zero attached hydrogens (tertiary/aromatic N) is 3. The SMILES string of the molecule is C[C@H]1CC[C@H](c2ccccc2)S(=O)(=O)N1Cc1cc(F)c(C2(Nc3cnccn3)CCOCC2)cc1F. The first-order valence-electron chi connectivity index (χ1n) is 12.5. The van der Waals surface area contributed by atoms with Crippen LogP contribution in [0, 0.1) is 11.6 Å². The van der Waals surface area contributed by atoms with Gasteiger partial charge in [-0.1, -0.05) is 30.3 Å². The Labute approximate surface area is 216 Å². The molecule has 0 aliphatic carbocycles. The van der Waals surface area contributed by atoms with Crippen molar-refractivity contribution >= 4 is 15.8 Å². The minimum absolute atomic E-state index is 0.00657. The van der Waals surface area contributed by atoms with Crippen LogP contribution in [0.1, 0.15) is 54.5 Å². The van der Waals surface area contributed by atoms with Gasteiger partial charge in [0.2, 0.25) is 10.0 Å². The molecule has 3 heterocycles. The average molecular weight is 529 g/mol. The highest BCUT2D eigenvalue weighted by molar-refractivity contribution is 7.89. The summed E-state index contributed by atoms with van der Waals surface area (Å²) in [5, 5.41) is 2.55. The molecule has 0 spiro atoms. The molecule has 0 bridgehead atoms. The minimum Gasteiger partial charge on any atom is -0.381 e. The first-order chi connectivity index (χ1) is 17.8. The molecule has 196 valence electrons. The Balaban J connectivity index is 1.46. The van der Waals surface area contributed by atoms with Gasteiger partial charge in [-0.2, -0.15) is 4.31 Å². The highest BCUT2D eigenvalue weighted by Gasteiger charge is 2.42. The molecule has 0 radical (unpaired) electrons. The van der Waals surface area contributed by atoms with E-state index in [4.69, 9.17) is 4.74 Å². The predicted octanol–water partition coefficient (Wildman–Crippen LogP) is 4.93. The maximum absolute atomic E-state index is 15.7. The normalized spacial score (nSPS) is 23.4. The largest absolute Gasteiger partial charge is 0.381 e. The lowest BCUT2D eigenvalue weighted by Gasteiger charge is -2.39. The standard InChI is InChI=1S/C27H30F2N4O3S/c1-19-7-8-25(20-5-3-2-4-6-20)37(34,35)33(19)18-21-15-24(29)22(16-23(21)28)27(9-13-36-14-10-27)32-26-17-30-11-12-31-26/h2-6,11-12,15-17,19,25H,7-10,13-14,18H2,1H3,(H,31,32)/t19-,25+/m0/s1. The first kappa shape index (κ1) is 25.7. The van der Waals surface area contributed by atoms with Crippen molar-refractivity contribution < 1.29 is 21.9 Å². The molecule has 7 nitrogen and oxygen atoms in total. The van der Waals surface area contributed by atoms with Crippen LogP contribution in [0.4, 0.5) is 14.6 Å². The Morgan fingerprint density at radius 1 is 1.08 bits per heavy atom. The van der Waals surface area contributed by atoms with Gasteiger partial charge < -0.3 is 10.1 Å². The third-order valence-electron chi connectivity index (χ3n) is 7.45. The predicted molar refractivity (Wildman–Crippen MR) is 136 cm³/mol. The van der Waals surface area contributed by atoms with Crippen molar-refractivity contribution in [1.82, 2.24) is 14.3 Å². The van der Waals surface area contributed by atoms with Gasteiger partial charge in [-0.25, -0.2) is 22.2 Å². The van der Waals surface area contributed by atoms with Gasteiger partial charge in [0, 0.05) is 49.3 Å². The maximum Gasteiger partial charge on any atom is 0.221 e. The molecule has 2 atom stereocenters. The summed E-state index contributed by atoms with van der Waals surface area (Å²) in [7, 11) is -3.78. The molecular formula is C27H30F2N4O3S. The summed E-state index contributed by atoms with van der Waals surface area (Å²) < 4.78 is 65.2. The fraction of sp³-hybridized carbons (Fsp3) is 0.407. The van der Waals surface area contributed by atoms with Crippen molar-refractivity contribution in [2.75, 3.05) is 18.5 Å². The molecule has 37 heavy (non-hydrogen) atoms. The zero-order chi connectivity index (χ0) is 26.0. The second kappa shape index (κ2) is 10.4. The summed E-state index contributed by atoms with van der Waals surface area (Å²) in [5.41, 5.74) is -0.0508. The van der Waals surface area contributed by atoms with Crippen molar-refractivity contribution in [2.24, 2.45) is 0 Å². The Hall–Kier alpha value is -2.95. The van der Waals surface area contributed by atoms with Crippen molar-refractivity contribution in [2.45, 2.75) is 56.0 Å². The van der Waals surface area contributed by atoms with Crippen LogP contribution in [0.25, 0.3) is 0 Å². The second-order valence-electron chi connectivity index (χ2n) is 9.75. The second-order valence-corrected chi connectivity index (χ2v) is 11.8. The third kappa shape index (κ3) is 5.10. The maximum atomic E-state index is 15.7. The van der Waals surface area contributed by atoms with Crippen LogP contribution >= 0.6 is 0 Å². The molecule has 0 saturated carbocycles. The van der Waals surface area contributed by atoms with E-state index in [0.29, 0.717) is 50.3 Å². The molecule has 1 aromatic heterocycles. The van der Waals surface area contributed by atoms with Crippen LogP contribution in [0.5, 0.6) is 0 Å². The topological polar surface area (TPSA) is 84.4 Å². The highest BCUT2D eigenvalue weighted by atomic mass is 32.2. The minimum atomic E-state index is -3.78. The van der Waals surface area contributed by atoms with Gasteiger partial charge in [-0.05, 0) is 50.3 Å². The molecule has 3 aromatic rings. The molecule has 10 heteroatoms. The third-order valence-corrected chi connectivity index (χ3v) is 9.82. The van der Waals surface area contributed by atoms with Crippen molar-refractivity contribution in [1.29, 1.82) is 0 Å². The van der Waals surface area contributed by atoms with Crippen LogP contribution in [0.2, 0.25) is 0 Å². The number of hydrogen-bond acceptors (Lipinski definition) is 6. The average Bonchev–Trinajstić information content (AvgIpc) is 2.89. The summed E-state index contributed by atoms with van der Waals surface area (Å²) in [6, 6.07) is 11.0. The highest BCUT2D eigenvalue weighted by Crippen LogP contribution is 2.40. The number of hydrogen-bond donors (Lipinski definition) is 1. The van der Waals surface area contributed by atoms with Gasteiger partial charge in [-0.15, -0.1) is 0 Å². The van der Waals surface area contributed by atoms with E-state index in [1.54, 1.807) is 12.1 Å².